The monoisotopic (exact) mass is 278 g/mol. The predicted molar refractivity (Wildman–Crippen MR) is 77.9 cm³/mol. The van der Waals surface area contributed by atoms with E-state index in [9.17, 15) is 9.59 Å². The third-order valence-corrected chi connectivity index (χ3v) is 2.82. The van der Waals surface area contributed by atoms with Gasteiger partial charge in [-0.25, -0.2) is 0 Å². The molecule has 0 aliphatic rings. The molecule has 0 unspecified atom stereocenters. The van der Waals surface area contributed by atoms with Gasteiger partial charge >= 0.3 is 0 Å². The van der Waals surface area contributed by atoms with Gasteiger partial charge in [-0.05, 0) is 31.5 Å². The van der Waals surface area contributed by atoms with Crippen LogP contribution in [0.2, 0.25) is 0 Å². The third kappa shape index (κ3) is 6.89. The summed E-state index contributed by atoms with van der Waals surface area (Å²) in [5.74, 6) is 0.369. The highest BCUT2D eigenvalue weighted by Gasteiger charge is 2.02. The Labute approximate surface area is 119 Å². The van der Waals surface area contributed by atoms with Crippen LogP contribution in [0.5, 0.6) is 5.75 Å². The Kier molecular flexibility index (Phi) is 8.07. The Balaban J connectivity index is 2.14. The molecule has 1 rings (SSSR count). The van der Waals surface area contributed by atoms with Crippen molar-refractivity contribution in [2.75, 3.05) is 19.7 Å². The Hall–Kier alpha value is -1.88. The molecule has 20 heavy (non-hydrogen) atoms. The van der Waals surface area contributed by atoms with Crippen LogP contribution in [-0.2, 0) is 4.79 Å². The number of aldehydes is 1. The molecule has 0 saturated heterocycles. The lowest BCUT2D eigenvalue weighted by molar-refractivity contribution is -0.123. The minimum Gasteiger partial charge on any atom is -0.484 e. The highest BCUT2D eigenvalue weighted by Crippen LogP contribution is 2.11. The van der Waals surface area contributed by atoms with E-state index in [4.69, 9.17) is 10.5 Å². The van der Waals surface area contributed by atoms with Crippen LogP contribution < -0.4 is 15.8 Å². The van der Waals surface area contributed by atoms with Crippen LogP contribution in [0.25, 0.3) is 0 Å². The maximum atomic E-state index is 11.5. The quantitative estimate of drug-likeness (QED) is 0.502. The number of carbonyl (C=O) groups excluding carboxylic acids is 2. The van der Waals surface area contributed by atoms with Crippen molar-refractivity contribution in [1.29, 1.82) is 0 Å². The molecule has 0 radical (unpaired) electrons. The zero-order valence-electron chi connectivity index (χ0n) is 11.6. The first kappa shape index (κ1) is 16.2. The molecule has 0 aromatic heterocycles. The minimum atomic E-state index is -0.152. The second-order valence-electron chi connectivity index (χ2n) is 4.53. The molecule has 1 aromatic rings. The van der Waals surface area contributed by atoms with Crippen molar-refractivity contribution in [3.63, 3.8) is 0 Å². The predicted octanol–water partition coefficient (Wildman–Crippen LogP) is 1.51. The molecule has 0 fully saturated rings. The Morgan fingerprint density at radius 2 is 2.05 bits per heavy atom. The number of rotatable bonds is 10. The van der Waals surface area contributed by atoms with Crippen molar-refractivity contribution in [2.45, 2.75) is 25.7 Å². The average molecular weight is 278 g/mol. The fraction of sp³-hybridized carbons (Fsp3) is 0.467. The summed E-state index contributed by atoms with van der Waals surface area (Å²) in [5, 5.41) is 2.79. The maximum absolute atomic E-state index is 11.5. The molecule has 0 saturated carbocycles. The van der Waals surface area contributed by atoms with E-state index >= 15 is 0 Å². The van der Waals surface area contributed by atoms with Crippen molar-refractivity contribution in [1.82, 2.24) is 5.32 Å². The lowest BCUT2D eigenvalue weighted by atomic mass is 10.2. The van der Waals surface area contributed by atoms with Gasteiger partial charge in [0.25, 0.3) is 5.91 Å². The largest absolute Gasteiger partial charge is 0.484 e. The molecular weight excluding hydrogens is 256 g/mol. The van der Waals surface area contributed by atoms with Crippen LogP contribution in [0.3, 0.4) is 0 Å². The lowest BCUT2D eigenvalue weighted by Crippen LogP contribution is -2.29. The fourth-order valence-electron chi connectivity index (χ4n) is 1.73. The van der Waals surface area contributed by atoms with Gasteiger partial charge in [0.1, 0.15) is 12.0 Å². The molecule has 3 N–H and O–H groups in total. The van der Waals surface area contributed by atoms with Gasteiger partial charge in [-0.3, -0.25) is 9.59 Å². The summed E-state index contributed by atoms with van der Waals surface area (Å²) >= 11 is 0. The summed E-state index contributed by atoms with van der Waals surface area (Å²) in [7, 11) is 0. The third-order valence-electron chi connectivity index (χ3n) is 2.82. The van der Waals surface area contributed by atoms with Crippen molar-refractivity contribution in [3.8, 4) is 5.75 Å². The summed E-state index contributed by atoms with van der Waals surface area (Å²) in [6.07, 6.45) is 4.89. The van der Waals surface area contributed by atoms with Crippen molar-refractivity contribution in [2.24, 2.45) is 5.73 Å². The zero-order valence-corrected chi connectivity index (χ0v) is 11.6. The van der Waals surface area contributed by atoms with Crippen LogP contribution >= 0.6 is 0 Å². The number of hydrogen-bond acceptors (Lipinski definition) is 4. The summed E-state index contributed by atoms with van der Waals surface area (Å²) in [6, 6.07) is 6.72. The number of nitrogens with two attached hydrogens (primary N) is 1. The molecule has 0 spiro atoms. The lowest BCUT2D eigenvalue weighted by Gasteiger charge is -2.07. The Bertz CT molecular complexity index is 421. The highest BCUT2D eigenvalue weighted by molar-refractivity contribution is 5.78. The van der Waals surface area contributed by atoms with Gasteiger partial charge in [-0.15, -0.1) is 0 Å². The average Bonchev–Trinajstić information content (AvgIpc) is 2.49. The van der Waals surface area contributed by atoms with Crippen molar-refractivity contribution in [3.05, 3.63) is 29.8 Å². The van der Waals surface area contributed by atoms with Crippen molar-refractivity contribution >= 4 is 12.2 Å². The molecule has 0 aliphatic heterocycles. The molecule has 0 aliphatic carbocycles. The van der Waals surface area contributed by atoms with E-state index in [1.54, 1.807) is 24.3 Å². The second-order valence-corrected chi connectivity index (χ2v) is 4.53. The summed E-state index contributed by atoms with van der Waals surface area (Å²) < 4.78 is 5.32. The van der Waals surface area contributed by atoms with E-state index in [-0.39, 0.29) is 12.5 Å². The molecule has 5 heteroatoms. The Morgan fingerprint density at radius 3 is 2.80 bits per heavy atom. The van der Waals surface area contributed by atoms with Crippen LogP contribution in [0.4, 0.5) is 0 Å². The van der Waals surface area contributed by atoms with Gasteiger partial charge in [0.05, 0.1) is 0 Å². The number of hydrogen-bond donors (Lipinski definition) is 2. The van der Waals surface area contributed by atoms with Gasteiger partial charge in [-0.2, -0.15) is 0 Å². The number of ether oxygens (including phenoxy) is 1. The second kappa shape index (κ2) is 9.97. The number of nitrogens with one attached hydrogen (secondary N) is 1. The normalized spacial score (nSPS) is 10.1. The van der Waals surface area contributed by atoms with Gasteiger partial charge in [0, 0.05) is 12.1 Å². The Morgan fingerprint density at radius 1 is 1.25 bits per heavy atom. The van der Waals surface area contributed by atoms with Crippen LogP contribution in [0, 0.1) is 0 Å². The van der Waals surface area contributed by atoms with E-state index in [2.05, 4.69) is 5.32 Å². The van der Waals surface area contributed by atoms with Gasteiger partial charge in [-0.1, -0.05) is 25.0 Å². The van der Waals surface area contributed by atoms with Crippen LogP contribution in [0.15, 0.2) is 24.3 Å². The van der Waals surface area contributed by atoms with Gasteiger partial charge < -0.3 is 15.8 Å². The number of unbranched alkanes of at least 4 members (excludes halogenated alkanes) is 3. The molecule has 110 valence electrons. The summed E-state index contributed by atoms with van der Waals surface area (Å²) in [5.41, 5.74) is 5.93. The van der Waals surface area contributed by atoms with E-state index in [0.717, 1.165) is 38.5 Å². The van der Waals surface area contributed by atoms with Crippen LogP contribution in [0.1, 0.15) is 36.0 Å². The summed E-state index contributed by atoms with van der Waals surface area (Å²) in [6.45, 7) is 1.34. The standard InChI is InChI=1S/C15H22N2O3/c16-8-3-1-2-4-9-17-15(19)12-20-14-7-5-6-13(10-14)11-18/h5-7,10-11H,1-4,8-9,12,16H2,(H,17,19). The van der Waals surface area contributed by atoms with Crippen molar-refractivity contribution < 1.29 is 14.3 Å². The topological polar surface area (TPSA) is 81.4 Å². The molecule has 0 heterocycles. The van der Waals surface area contributed by atoms with E-state index in [1.165, 1.54) is 0 Å². The first-order chi connectivity index (χ1) is 9.76. The summed E-state index contributed by atoms with van der Waals surface area (Å²) in [4.78, 5) is 22.1. The number of benzene rings is 1. The maximum Gasteiger partial charge on any atom is 0.257 e. The molecule has 0 bridgehead atoms. The molecule has 5 nitrogen and oxygen atoms in total. The first-order valence-corrected chi connectivity index (χ1v) is 6.91. The molecule has 1 aromatic carbocycles. The SMILES string of the molecule is NCCCCCCNC(=O)COc1cccc(C=O)c1. The number of carbonyl (C=O) groups is 2. The van der Waals surface area contributed by atoms with E-state index in [1.807, 2.05) is 0 Å². The molecule has 0 atom stereocenters. The minimum absolute atomic E-state index is 0.0366. The fourth-order valence-corrected chi connectivity index (χ4v) is 1.73. The van der Waals surface area contributed by atoms with Gasteiger partial charge in [0.2, 0.25) is 0 Å². The zero-order chi connectivity index (χ0) is 14.6. The number of amides is 1. The van der Waals surface area contributed by atoms with E-state index < -0.39 is 0 Å². The highest BCUT2D eigenvalue weighted by atomic mass is 16.5. The molecular formula is C15H22N2O3. The molecule has 1 amide bonds. The van der Waals surface area contributed by atoms with E-state index in [0.29, 0.717) is 17.9 Å². The van der Waals surface area contributed by atoms with Crippen LogP contribution in [-0.4, -0.2) is 31.9 Å². The smallest absolute Gasteiger partial charge is 0.257 e. The first-order valence-electron chi connectivity index (χ1n) is 6.91. The van der Waals surface area contributed by atoms with Gasteiger partial charge in [0.15, 0.2) is 6.61 Å².